The number of aliphatic hydroxyl groups is 1. The molecule has 4 aliphatic heterocycles. The number of fused-ring (bicyclic) bond motifs is 2. The quantitative estimate of drug-likeness (QED) is 0.149. The molecule has 6 atom stereocenters. The molecule has 12 heteroatoms. The van der Waals surface area contributed by atoms with E-state index in [9.17, 15) is 9.90 Å². The smallest absolute Gasteiger partial charge is 1.00 e. The first-order valence-corrected chi connectivity index (χ1v) is 8.10. The summed E-state index contributed by atoms with van der Waals surface area (Å²) >= 11 is 0. The summed E-state index contributed by atoms with van der Waals surface area (Å²) in [5.74, 6) is 0.273. The van der Waals surface area contributed by atoms with E-state index in [1.807, 2.05) is 0 Å². The van der Waals surface area contributed by atoms with Gasteiger partial charge in [0.25, 0.3) is 6.47 Å². The van der Waals surface area contributed by atoms with E-state index >= 15 is 0 Å². The minimum absolute atomic E-state index is 0. The molecule has 4 saturated heterocycles. The molecule has 0 amide bonds. The maximum absolute atomic E-state index is 10.7. The summed E-state index contributed by atoms with van der Waals surface area (Å²) in [5, 5.41) is 17.6. The number of hydrogen-bond donors (Lipinski definition) is 1. The van der Waals surface area contributed by atoms with Crippen LogP contribution < -0.4 is 64.4 Å². The molecular weight excluding hydrogens is 398 g/mol. The molecule has 0 aliphatic carbocycles. The summed E-state index contributed by atoms with van der Waals surface area (Å²) in [5.41, 5.74) is 0. The Hall–Kier alpha value is 0.700. The summed E-state index contributed by atoms with van der Waals surface area (Å²) in [6, 6.07) is 0. The van der Waals surface area contributed by atoms with Crippen molar-refractivity contribution in [1.29, 1.82) is 0 Å². The molecule has 6 unspecified atom stereocenters. The fraction of sp³-hybridized carbons (Fsp3) is 0.875. The molecule has 4 fully saturated rings. The molecule has 4 rings (SSSR count). The topological polar surface area (TPSA) is 133 Å². The van der Waals surface area contributed by atoms with E-state index in [4.69, 9.17) is 33.7 Å². The molecule has 0 aromatic rings. The van der Waals surface area contributed by atoms with Crippen LogP contribution in [-0.4, -0.2) is 68.8 Å². The van der Waals surface area contributed by atoms with Crippen LogP contribution in [0.1, 0.15) is 28.6 Å². The van der Waals surface area contributed by atoms with Gasteiger partial charge in [0, 0.05) is 12.8 Å². The Morgan fingerprint density at radius 1 is 1.07 bits per heavy atom. The Kier molecular flexibility index (Phi) is 18.1. The Labute approximate surface area is 210 Å². The molecule has 4 heterocycles. The van der Waals surface area contributed by atoms with Gasteiger partial charge in [0.15, 0.2) is 12.6 Å². The number of ether oxygens (including phenoxy) is 5. The van der Waals surface area contributed by atoms with Crippen molar-refractivity contribution in [2.24, 2.45) is 11.8 Å². The van der Waals surface area contributed by atoms with Gasteiger partial charge in [-0.25, -0.2) is 0 Å². The van der Waals surface area contributed by atoms with Crippen molar-refractivity contribution in [3.8, 4) is 0 Å². The van der Waals surface area contributed by atoms with E-state index in [2.05, 4.69) is 4.89 Å². The van der Waals surface area contributed by atoms with Crippen LogP contribution in [0.5, 0.6) is 0 Å². The molecule has 154 valence electrons. The SMILES string of the molecule is C.CC(=O)OC1COC2OCCC12.O=CO[O-].OC1COC2OCCC12.[H-].[Na+].[Na+]. The van der Waals surface area contributed by atoms with Crippen LogP contribution in [0.4, 0.5) is 0 Å². The van der Waals surface area contributed by atoms with E-state index in [0.717, 1.165) is 19.4 Å². The minimum atomic E-state index is -0.280. The molecule has 1 N–H and O–H groups in total. The summed E-state index contributed by atoms with van der Waals surface area (Å²) in [6.07, 6.45) is 1.29. The first-order chi connectivity index (χ1) is 12.1. The van der Waals surface area contributed by atoms with E-state index < -0.39 is 0 Å². The van der Waals surface area contributed by atoms with Crippen molar-refractivity contribution in [3.05, 3.63) is 0 Å². The number of aliphatic hydroxyl groups excluding tert-OH is 1. The average Bonchev–Trinajstić information content (AvgIpc) is 3.34. The van der Waals surface area contributed by atoms with Crippen LogP contribution in [-0.2, 0) is 38.2 Å². The molecule has 10 nitrogen and oxygen atoms in total. The third kappa shape index (κ3) is 9.23. The zero-order chi connectivity index (χ0) is 18.2. The second kappa shape index (κ2) is 16.4. The van der Waals surface area contributed by atoms with Crippen LogP contribution in [0, 0.1) is 11.8 Å². The second-order valence-electron chi connectivity index (χ2n) is 5.96. The summed E-state index contributed by atoms with van der Waals surface area (Å²) < 4.78 is 25.9. The van der Waals surface area contributed by atoms with Gasteiger partial charge >= 0.3 is 65.1 Å². The Balaban J connectivity index is -0.000000360. The van der Waals surface area contributed by atoms with E-state index in [-0.39, 0.29) is 117 Å². The van der Waals surface area contributed by atoms with Gasteiger partial charge in [-0.2, -0.15) is 0 Å². The third-order valence-electron chi connectivity index (χ3n) is 4.35. The van der Waals surface area contributed by atoms with Gasteiger partial charge in [0.05, 0.1) is 38.4 Å². The van der Waals surface area contributed by atoms with Gasteiger partial charge in [-0.3, -0.25) is 9.59 Å². The van der Waals surface area contributed by atoms with Gasteiger partial charge < -0.3 is 40.4 Å². The fourth-order valence-corrected chi connectivity index (χ4v) is 3.20. The first-order valence-electron chi connectivity index (χ1n) is 8.10. The predicted octanol–water partition coefficient (Wildman–Crippen LogP) is -6.76. The standard InChI is InChI=1S/C8H12O4.C6H10O3.CH2O3.CH4.2Na.H/c1-5(9)12-7-4-11-8-6(7)2-3-10-8;7-5-3-9-6-4(5)1-2-8-6;2-1-4-3;;;;/h6-8H,2-4H2,1H3;4-7H,1-3H2;1,3H;1H4;;;/q;;;;2*+1;-1/p-1. The van der Waals surface area contributed by atoms with Crippen LogP contribution in [0.15, 0.2) is 0 Å². The van der Waals surface area contributed by atoms with Crippen LogP contribution in [0.2, 0.25) is 0 Å². The van der Waals surface area contributed by atoms with Gasteiger partial charge in [0.1, 0.15) is 6.10 Å². The second-order valence-corrected chi connectivity index (χ2v) is 5.96. The molecule has 0 aromatic heterocycles. The average molecular weight is 426 g/mol. The van der Waals surface area contributed by atoms with Crippen molar-refractivity contribution < 1.29 is 109 Å². The van der Waals surface area contributed by atoms with Crippen LogP contribution in [0.25, 0.3) is 0 Å². The first kappa shape index (κ1) is 30.9. The zero-order valence-electron chi connectivity index (χ0n) is 16.9. The zero-order valence-corrected chi connectivity index (χ0v) is 19.9. The minimum Gasteiger partial charge on any atom is -1.00 e. The molecule has 0 saturated carbocycles. The fourth-order valence-electron chi connectivity index (χ4n) is 3.20. The van der Waals surface area contributed by atoms with Gasteiger partial charge in [0.2, 0.25) is 0 Å². The number of carbonyl (C=O) groups excluding carboxylic acids is 2. The Bertz CT molecular complexity index is 448. The Morgan fingerprint density at radius 2 is 1.57 bits per heavy atom. The number of esters is 1. The van der Waals surface area contributed by atoms with Crippen LogP contribution in [0.3, 0.4) is 0 Å². The number of carbonyl (C=O) groups is 2. The van der Waals surface area contributed by atoms with Crippen molar-refractivity contribution in [2.45, 2.75) is 52.0 Å². The Morgan fingerprint density at radius 3 is 2.07 bits per heavy atom. The van der Waals surface area contributed by atoms with E-state index in [0.29, 0.717) is 19.8 Å². The molecular formula is C16H28Na2O10. The number of rotatable bonds is 2. The van der Waals surface area contributed by atoms with E-state index in [1.54, 1.807) is 0 Å². The van der Waals surface area contributed by atoms with Crippen molar-refractivity contribution >= 4 is 12.4 Å². The monoisotopic (exact) mass is 426 g/mol. The van der Waals surface area contributed by atoms with E-state index in [1.165, 1.54) is 6.92 Å². The van der Waals surface area contributed by atoms with Gasteiger partial charge in [-0.15, -0.1) is 0 Å². The normalized spacial score (nSPS) is 33.7. The largest absolute Gasteiger partial charge is 1.00 e. The van der Waals surface area contributed by atoms with Gasteiger partial charge in [-0.05, 0) is 12.8 Å². The maximum Gasteiger partial charge on any atom is 1.00 e. The molecule has 0 bridgehead atoms. The van der Waals surface area contributed by atoms with Crippen molar-refractivity contribution in [2.75, 3.05) is 26.4 Å². The summed E-state index contributed by atoms with van der Waals surface area (Å²) in [4.78, 5) is 21.9. The van der Waals surface area contributed by atoms with Crippen LogP contribution >= 0.6 is 0 Å². The number of hydrogen-bond acceptors (Lipinski definition) is 10. The predicted molar refractivity (Wildman–Crippen MR) is 84.2 cm³/mol. The molecule has 0 spiro atoms. The maximum atomic E-state index is 10.7. The molecule has 4 aliphatic rings. The molecule has 0 aromatic carbocycles. The van der Waals surface area contributed by atoms with Crippen molar-refractivity contribution in [3.63, 3.8) is 0 Å². The van der Waals surface area contributed by atoms with Gasteiger partial charge in [-0.1, -0.05) is 7.43 Å². The molecule has 0 radical (unpaired) electrons. The molecule has 28 heavy (non-hydrogen) atoms. The van der Waals surface area contributed by atoms with Crippen molar-refractivity contribution in [1.82, 2.24) is 0 Å². The summed E-state index contributed by atoms with van der Waals surface area (Å²) in [7, 11) is 0. The third-order valence-corrected chi connectivity index (χ3v) is 4.35. The summed E-state index contributed by atoms with van der Waals surface area (Å²) in [6.45, 7) is 3.63.